The molecular formula is C29H33FN2O2. The highest BCUT2D eigenvalue weighted by Gasteiger charge is 2.32. The molecule has 1 saturated heterocycles. The molecule has 178 valence electrons. The number of hydrogen-bond donors (Lipinski definition) is 1. The van der Waals surface area contributed by atoms with E-state index >= 15 is 0 Å². The van der Waals surface area contributed by atoms with Crippen molar-refractivity contribution in [2.24, 2.45) is 5.92 Å². The minimum atomic E-state index is -0.227. The molecule has 1 aliphatic rings. The summed E-state index contributed by atoms with van der Waals surface area (Å²) in [7, 11) is 1.66. The highest BCUT2D eigenvalue weighted by molar-refractivity contribution is 5.79. The van der Waals surface area contributed by atoms with Gasteiger partial charge < -0.3 is 10.1 Å². The first-order valence-corrected chi connectivity index (χ1v) is 11.9. The van der Waals surface area contributed by atoms with E-state index < -0.39 is 0 Å². The molecule has 0 spiro atoms. The second-order valence-corrected chi connectivity index (χ2v) is 9.22. The number of piperidine rings is 1. The highest BCUT2D eigenvalue weighted by atomic mass is 19.1. The SMILES string of the molecule is COc1ccccc1CCNC(=O)[C@H]1C[C@@H](c2cccc(C)c2)CN(Cc2cccc(F)c2)C1. The summed E-state index contributed by atoms with van der Waals surface area (Å²) in [4.78, 5) is 15.5. The van der Waals surface area contributed by atoms with Crippen LogP contribution in [0.1, 0.15) is 34.6 Å². The third-order valence-corrected chi connectivity index (χ3v) is 6.59. The number of para-hydroxylation sites is 1. The van der Waals surface area contributed by atoms with Crippen molar-refractivity contribution >= 4 is 5.91 Å². The fourth-order valence-electron chi connectivity index (χ4n) is 4.94. The highest BCUT2D eigenvalue weighted by Crippen LogP contribution is 2.32. The van der Waals surface area contributed by atoms with Gasteiger partial charge in [0.1, 0.15) is 11.6 Å². The molecule has 0 aliphatic carbocycles. The molecule has 3 aromatic rings. The van der Waals surface area contributed by atoms with Crippen LogP contribution in [-0.4, -0.2) is 37.6 Å². The molecule has 1 amide bonds. The lowest BCUT2D eigenvalue weighted by Gasteiger charge is -2.37. The topological polar surface area (TPSA) is 41.6 Å². The molecule has 1 heterocycles. The lowest BCUT2D eigenvalue weighted by Crippen LogP contribution is -2.45. The largest absolute Gasteiger partial charge is 0.496 e. The standard InChI is InChI=1S/C29H33FN2O2/c1-21-7-5-10-24(15-21)25-17-26(20-32(19-25)18-22-8-6-11-27(30)16-22)29(33)31-14-13-23-9-3-4-12-28(23)34-2/h3-12,15-16,25-26H,13-14,17-20H2,1-2H3,(H,31,33)/t25-,26+/m1/s1. The van der Waals surface area contributed by atoms with Gasteiger partial charge in [0.15, 0.2) is 0 Å². The molecule has 0 saturated carbocycles. The Morgan fingerprint density at radius 2 is 1.88 bits per heavy atom. The van der Waals surface area contributed by atoms with Crippen molar-refractivity contribution in [1.82, 2.24) is 10.2 Å². The van der Waals surface area contributed by atoms with Gasteiger partial charge in [-0.3, -0.25) is 9.69 Å². The quantitative estimate of drug-likeness (QED) is 0.508. The van der Waals surface area contributed by atoms with Crippen LogP contribution in [0.2, 0.25) is 0 Å². The Morgan fingerprint density at radius 1 is 1.06 bits per heavy atom. The van der Waals surface area contributed by atoms with Gasteiger partial charge in [-0.05, 0) is 60.6 Å². The maximum absolute atomic E-state index is 13.8. The number of amides is 1. The number of rotatable bonds is 8. The monoisotopic (exact) mass is 460 g/mol. The Morgan fingerprint density at radius 3 is 2.68 bits per heavy atom. The fourth-order valence-corrected chi connectivity index (χ4v) is 4.94. The van der Waals surface area contributed by atoms with Crippen LogP contribution in [0.25, 0.3) is 0 Å². The van der Waals surface area contributed by atoms with Crippen LogP contribution in [0.15, 0.2) is 72.8 Å². The molecule has 2 atom stereocenters. The summed E-state index contributed by atoms with van der Waals surface area (Å²) in [5.41, 5.74) is 4.49. The number of carbonyl (C=O) groups is 1. The van der Waals surface area contributed by atoms with Crippen molar-refractivity contribution in [3.8, 4) is 5.75 Å². The summed E-state index contributed by atoms with van der Waals surface area (Å²) in [6.45, 7) is 4.81. The summed E-state index contributed by atoms with van der Waals surface area (Å²) in [6.07, 6.45) is 1.53. The summed E-state index contributed by atoms with van der Waals surface area (Å²) < 4.78 is 19.2. The van der Waals surface area contributed by atoms with Gasteiger partial charge in [0.05, 0.1) is 13.0 Å². The Bertz CT molecular complexity index is 1120. The zero-order chi connectivity index (χ0) is 23.9. The Kier molecular flexibility index (Phi) is 7.96. The Labute approximate surface area is 201 Å². The van der Waals surface area contributed by atoms with Gasteiger partial charge in [0, 0.05) is 26.2 Å². The van der Waals surface area contributed by atoms with E-state index in [2.05, 4.69) is 41.4 Å². The molecule has 0 unspecified atom stereocenters. The second kappa shape index (κ2) is 11.3. The van der Waals surface area contributed by atoms with Crippen LogP contribution in [0, 0.1) is 18.7 Å². The van der Waals surface area contributed by atoms with Crippen LogP contribution in [0.5, 0.6) is 5.75 Å². The van der Waals surface area contributed by atoms with Crippen molar-refractivity contribution in [3.05, 3.63) is 101 Å². The van der Waals surface area contributed by atoms with E-state index in [1.54, 1.807) is 19.2 Å². The van der Waals surface area contributed by atoms with Crippen molar-refractivity contribution in [2.45, 2.75) is 32.2 Å². The Hall–Kier alpha value is -3.18. The van der Waals surface area contributed by atoms with Gasteiger partial charge in [-0.25, -0.2) is 4.39 Å². The molecule has 3 aromatic carbocycles. The summed E-state index contributed by atoms with van der Waals surface area (Å²) in [6, 6.07) is 23.2. The fraction of sp³-hybridized carbons (Fsp3) is 0.345. The molecule has 5 heteroatoms. The average molecular weight is 461 g/mol. The van der Waals surface area contributed by atoms with Gasteiger partial charge in [0.25, 0.3) is 0 Å². The smallest absolute Gasteiger partial charge is 0.224 e. The first-order valence-electron chi connectivity index (χ1n) is 11.9. The van der Waals surface area contributed by atoms with E-state index in [4.69, 9.17) is 4.74 Å². The molecular weight excluding hydrogens is 427 g/mol. The molecule has 0 aromatic heterocycles. The molecule has 0 radical (unpaired) electrons. The van der Waals surface area contributed by atoms with Crippen molar-refractivity contribution < 1.29 is 13.9 Å². The predicted octanol–water partition coefficient (Wildman–Crippen LogP) is 5.11. The molecule has 1 fully saturated rings. The van der Waals surface area contributed by atoms with Crippen molar-refractivity contribution in [3.63, 3.8) is 0 Å². The van der Waals surface area contributed by atoms with Crippen LogP contribution in [0.3, 0.4) is 0 Å². The number of ether oxygens (including phenoxy) is 1. The molecule has 4 nitrogen and oxygen atoms in total. The zero-order valence-electron chi connectivity index (χ0n) is 20.0. The molecule has 4 rings (SSSR count). The molecule has 1 N–H and O–H groups in total. The minimum Gasteiger partial charge on any atom is -0.496 e. The molecule has 34 heavy (non-hydrogen) atoms. The van der Waals surface area contributed by atoms with E-state index in [1.807, 2.05) is 30.3 Å². The van der Waals surface area contributed by atoms with E-state index in [0.29, 0.717) is 19.6 Å². The third-order valence-electron chi connectivity index (χ3n) is 6.59. The number of methoxy groups -OCH3 is 1. The number of likely N-dealkylation sites (tertiary alicyclic amines) is 1. The number of hydrogen-bond acceptors (Lipinski definition) is 3. The molecule has 1 aliphatic heterocycles. The lowest BCUT2D eigenvalue weighted by molar-refractivity contribution is -0.127. The average Bonchev–Trinajstić information content (AvgIpc) is 2.84. The number of halogens is 1. The maximum Gasteiger partial charge on any atom is 0.224 e. The van der Waals surface area contributed by atoms with Crippen molar-refractivity contribution in [1.29, 1.82) is 0 Å². The number of nitrogens with one attached hydrogen (secondary N) is 1. The third kappa shape index (κ3) is 6.23. The van der Waals surface area contributed by atoms with Gasteiger partial charge >= 0.3 is 0 Å². The van der Waals surface area contributed by atoms with E-state index in [-0.39, 0.29) is 23.6 Å². The second-order valence-electron chi connectivity index (χ2n) is 9.22. The number of nitrogens with zero attached hydrogens (tertiary/aromatic N) is 1. The van der Waals surface area contributed by atoms with Crippen LogP contribution >= 0.6 is 0 Å². The minimum absolute atomic E-state index is 0.0801. The van der Waals surface area contributed by atoms with E-state index in [1.165, 1.54) is 17.2 Å². The first-order chi connectivity index (χ1) is 16.5. The normalized spacial score (nSPS) is 18.4. The summed E-state index contributed by atoms with van der Waals surface area (Å²) in [5, 5.41) is 3.15. The lowest BCUT2D eigenvalue weighted by atomic mass is 9.83. The molecule has 0 bridgehead atoms. The van der Waals surface area contributed by atoms with Gasteiger partial charge in [-0.1, -0.05) is 60.2 Å². The van der Waals surface area contributed by atoms with E-state index in [0.717, 1.165) is 36.3 Å². The van der Waals surface area contributed by atoms with Crippen LogP contribution < -0.4 is 10.1 Å². The number of aryl methyl sites for hydroxylation is 1. The zero-order valence-corrected chi connectivity index (χ0v) is 20.0. The number of carbonyl (C=O) groups excluding carboxylic acids is 1. The first kappa shape index (κ1) is 24.0. The van der Waals surface area contributed by atoms with Gasteiger partial charge in [-0.15, -0.1) is 0 Å². The van der Waals surface area contributed by atoms with Gasteiger partial charge in [-0.2, -0.15) is 0 Å². The number of benzene rings is 3. The predicted molar refractivity (Wildman–Crippen MR) is 133 cm³/mol. The van der Waals surface area contributed by atoms with Crippen LogP contribution in [-0.2, 0) is 17.8 Å². The summed E-state index contributed by atoms with van der Waals surface area (Å²) >= 11 is 0. The van der Waals surface area contributed by atoms with Crippen molar-refractivity contribution in [2.75, 3.05) is 26.7 Å². The summed E-state index contributed by atoms with van der Waals surface area (Å²) in [5.74, 6) is 0.833. The van der Waals surface area contributed by atoms with Gasteiger partial charge in [0.2, 0.25) is 5.91 Å². The van der Waals surface area contributed by atoms with E-state index in [9.17, 15) is 9.18 Å². The maximum atomic E-state index is 13.8. The van der Waals surface area contributed by atoms with Crippen LogP contribution in [0.4, 0.5) is 4.39 Å². The Balaban J connectivity index is 1.45.